The Kier molecular flexibility index (Phi) is 67.2. The second kappa shape index (κ2) is 70.6. The maximum absolute atomic E-state index is 12.9. The second-order valence-corrected chi connectivity index (χ2v) is 23.4. The summed E-state index contributed by atoms with van der Waals surface area (Å²) >= 11 is 0. The van der Waals surface area contributed by atoms with Gasteiger partial charge >= 0.3 is 17.9 Å². The highest BCUT2D eigenvalue weighted by Gasteiger charge is 2.19. The van der Waals surface area contributed by atoms with Gasteiger partial charge in [0.15, 0.2) is 6.10 Å². The van der Waals surface area contributed by atoms with Crippen LogP contribution in [0.3, 0.4) is 0 Å². The summed E-state index contributed by atoms with van der Waals surface area (Å²) in [5, 5.41) is 0. The number of carbonyl (C=O) groups is 3. The fourth-order valence-electron chi connectivity index (χ4n) is 10.0. The number of esters is 3. The predicted molar refractivity (Wildman–Crippen MR) is 362 cm³/mol. The lowest BCUT2D eigenvalue weighted by molar-refractivity contribution is -0.167. The summed E-state index contributed by atoms with van der Waals surface area (Å²) in [6.07, 6.45) is 97.1. The van der Waals surface area contributed by atoms with E-state index in [4.69, 9.17) is 14.2 Å². The first-order valence-corrected chi connectivity index (χ1v) is 35.4. The van der Waals surface area contributed by atoms with Gasteiger partial charge < -0.3 is 14.2 Å². The van der Waals surface area contributed by atoms with Crippen LogP contribution in [-0.4, -0.2) is 37.2 Å². The molecular weight excluding hydrogens is 1020 g/mol. The van der Waals surface area contributed by atoms with E-state index in [0.29, 0.717) is 19.3 Å². The van der Waals surface area contributed by atoms with Gasteiger partial charge in [-0.1, -0.05) is 342 Å². The third-order valence-electron chi connectivity index (χ3n) is 15.3. The molecule has 476 valence electrons. The standard InChI is InChI=1S/C77H132O6/c1-4-7-10-13-16-19-21-23-25-27-29-31-33-35-37-38-39-40-41-43-44-46-48-50-52-54-56-58-61-64-67-70-76(79)82-73-74(72-81-75(78)69-66-63-60-18-15-12-9-6-3)83-77(80)71-68-65-62-59-57-55-53-51-49-47-45-42-36-34-32-30-28-26-24-22-20-17-14-11-8-5-2/h7,10,16,19,23,25,29,31,35,37,39-40,43-44,48,50,54,56,74H,4-6,8-9,11-15,17-18,20-22,24,26-28,30,32-34,36,38,41-42,45-47,49,51-53,55,57-73H2,1-3H3/b10-7-,19-16-,25-23-,31-29-,37-35-,40-39-,44-43-,50-48-,56-54-. The maximum atomic E-state index is 12.9. The fraction of sp³-hybridized carbons (Fsp3) is 0.727. The van der Waals surface area contributed by atoms with Crippen molar-refractivity contribution in [1.82, 2.24) is 0 Å². The molecule has 6 heteroatoms. The Morgan fingerprint density at radius 3 is 0.735 bits per heavy atom. The molecule has 0 aromatic rings. The highest BCUT2D eigenvalue weighted by Crippen LogP contribution is 2.18. The van der Waals surface area contributed by atoms with Crippen molar-refractivity contribution in [2.45, 2.75) is 348 Å². The Balaban J connectivity index is 4.20. The highest BCUT2D eigenvalue weighted by atomic mass is 16.6. The van der Waals surface area contributed by atoms with Gasteiger partial charge in [0.1, 0.15) is 13.2 Å². The zero-order chi connectivity index (χ0) is 59.9. The lowest BCUT2D eigenvalue weighted by Crippen LogP contribution is -2.30. The van der Waals surface area contributed by atoms with Crippen molar-refractivity contribution in [3.63, 3.8) is 0 Å². The van der Waals surface area contributed by atoms with Crippen LogP contribution in [0, 0.1) is 0 Å². The van der Waals surface area contributed by atoms with E-state index in [1.807, 2.05) is 0 Å². The van der Waals surface area contributed by atoms with Crippen molar-refractivity contribution in [2.24, 2.45) is 0 Å². The van der Waals surface area contributed by atoms with E-state index in [9.17, 15) is 14.4 Å². The number of allylic oxidation sites excluding steroid dienone is 18. The molecule has 0 N–H and O–H groups in total. The molecule has 0 saturated carbocycles. The second-order valence-electron chi connectivity index (χ2n) is 23.4. The van der Waals surface area contributed by atoms with E-state index in [1.54, 1.807) is 0 Å². The highest BCUT2D eigenvalue weighted by molar-refractivity contribution is 5.71. The van der Waals surface area contributed by atoms with Crippen molar-refractivity contribution in [1.29, 1.82) is 0 Å². The third-order valence-corrected chi connectivity index (χ3v) is 15.3. The number of rotatable bonds is 64. The van der Waals surface area contributed by atoms with Crippen LogP contribution in [0.15, 0.2) is 109 Å². The number of hydrogen-bond donors (Lipinski definition) is 0. The van der Waals surface area contributed by atoms with E-state index in [0.717, 1.165) is 122 Å². The molecule has 0 aliphatic carbocycles. The summed E-state index contributed by atoms with van der Waals surface area (Å²) in [7, 11) is 0. The molecule has 0 aromatic carbocycles. The molecule has 0 bridgehead atoms. The molecule has 0 saturated heterocycles. The number of carbonyl (C=O) groups excluding carboxylic acids is 3. The molecule has 1 unspecified atom stereocenters. The quantitative estimate of drug-likeness (QED) is 0.0261. The Morgan fingerprint density at radius 1 is 0.253 bits per heavy atom. The van der Waals surface area contributed by atoms with E-state index < -0.39 is 6.10 Å². The SMILES string of the molecule is CC/C=C\C/C=C\C/C=C\C/C=C\C/C=C\C/C=C\C/C=C\C/C=C\C/C=C\CCCCCC(=O)OCC(COC(=O)CCCCCCCCCC)OC(=O)CCCCCCCCCCCCCCCCCCCCCCCCCCCC. The summed E-state index contributed by atoms with van der Waals surface area (Å²) in [5.74, 6) is -0.911. The topological polar surface area (TPSA) is 78.9 Å². The Morgan fingerprint density at radius 2 is 0.470 bits per heavy atom. The molecule has 0 rings (SSSR count). The van der Waals surface area contributed by atoms with Gasteiger partial charge in [0.25, 0.3) is 0 Å². The van der Waals surface area contributed by atoms with Gasteiger partial charge in [-0.3, -0.25) is 14.4 Å². The Hall–Kier alpha value is -3.93. The monoisotopic (exact) mass is 1150 g/mol. The largest absolute Gasteiger partial charge is 0.462 e. The van der Waals surface area contributed by atoms with Crippen LogP contribution in [0.4, 0.5) is 0 Å². The van der Waals surface area contributed by atoms with Crippen molar-refractivity contribution >= 4 is 17.9 Å². The van der Waals surface area contributed by atoms with E-state index in [1.165, 1.54) is 180 Å². The van der Waals surface area contributed by atoms with Gasteiger partial charge in [-0.25, -0.2) is 0 Å². The van der Waals surface area contributed by atoms with Gasteiger partial charge in [0.2, 0.25) is 0 Å². The average Bonchev–Trinajstić information content (AvgIpc) is 3.49. The van der Waals surface area contributed by atoms with Crippen LogP contribution in [0.2, 0.25) is 0 Å². The zero-order valence-corrected chi connectivity index (χ0v) is 54.7. The normalized spacial score (nSPS) is 12.8. The molecule has 0 radical (unpaired) electrons. The van der Waals surface area contributed by atoms with Gasteiger partial charge in [0.05, 0.1) is 0 Å². The van der Waals surface area contributed by atoms with Crippen molar-refractivity contribution in [3.05, 3.63) is 109 Å². The molecule has 0 aliphatic rings. The average molecular weight is 1150 g/mol. The first-order chi connectivity index (χ1) is 41.0. The predicted octanol–water partition coefficient (Wildman–Crippen LogP) is 24.6. The number of hydrogen-bond acceptors (Lipinski definition) is 6. The van der Waals surface area contributed by atoms with Crippen LogP contribution < -0.4 is 0 Å². The van der Waals surface area contributed by atoms with Crippen LogP contribution >= 0.6 is 0 Å². The lowest BCUT2D eigenvalue weighted by atomic mass is 10.0. The summed E-state index contributed by atoms with van der Waals surface area (Å²) < 4.78 is 16.9. The van der Waals surface area contributed by atoms with E-state index in [2.05, 4.69) is 130 Å². The van der Waals surface area contributed by atoms with Crippen LogP contribution in [0.1, 0.15) is 342 Å². The van der Waals surface area contributed by atoms with Crippen molar-refractivity contribution in [3.8, 4) is 0 Å². The molecule has 0 amide bonds. The first kappa shape index (κ1) is 79.1. The molecule has 0 heterocycles. The smallest absolute Gasteiger partial charge is 0.306 e. The number of unbranched alkanes of at least 4 members (excludes halogenated alkanes) is 35. The van der Waals surface area contributed by atoms with Crippen LogP contribution in [0.5, 0.6) is 0 Å². The van der Waals surface area contributed by atoms with Crippen LogP contribution in [-0.2, 0) is 28.6 Å². The lowest BCUT2D eigenvalue weighted by Gasteiger charge is -2.18. The van der Waals surface area contributed by atoms with Crippen molar-refractivity contribution < 1.29 is 28.6 Å². The molecule has 0 spiro atoms. The summed E-state index contributed by atoms with van der Waals surface area (Å²) in [6, 6.07) is 0. The van der Waals surface area contributed by atoms with Crippen LogP contribution in [0.25, 0.3) is 0 Å². The first-order valence-electron chi connectivity index (χ1n) is 35.4. The summed E-state index contributed by atoms with van der Waals surface area (Å²) in [6.45, 7) is 6.51. The fourth-order valence-corrected chi connectivity index (χ4v) is 10.0. The minimum absolute atomic E-state index is 0.0856. The molecule has 1 atom stereocenters. The van der Waals surface area contributed by atoms with Gasteiger partial charge in [-0.15, -0.1) is 0 Å². The zero-order valence-electron chi connectivity index (χ0n) is 54.7. The molecule has 0 aromatic heterocycles. The molecular formula is C77H132O6. The van der Waals surface area contributed by atoms with E-state index in [-0.39, 0.29) is 31.1 Å². The Labute approximate surface area is 514 Å². The molecule has 0 fully saturated rings. The van der Waals surface area contributed by atoms with Gasteiger partial charge in [-0.2, -0.15) is 0 Å². The third kappa shape index (κ3) is 68.7. The summed E-state index contributed by atoms with van der Waals surface area (Å²) in [5.41, 5.74) is 0. The minimum atomic E-state index is -0.790. The number of ether oxygens (including phenoxy) is 3. The summed E-state index contributed by atoms with van der Waals surface area (Å²) in [4.78, 5) is 38.2. The van der Waals surface area contributed by atoms with E-state index >= 15 is 0 Å². The van der Waals surface area contributed by atoms with Crippen molar-refractivity contribution in [2.75, 3.05) is 13.2 Å². The van der Waals surface area contributed by atoms with Gasteiger partial charge in [-0.05, 0) is 89.9 Å². The molecule has 0 aliphatic heterocycles. The maximum Gasteiger partial charge on any atom is 0.306 e. The van der Waals surface area contributed by atoms with Gasteiger partial charge in [0, 0.05) is 19.3 Å². The Bertz CT molecular complexity index is 1660. The molecule has 83 heavy (non-hydrogen) atoms. The minimum Gasteiger partial charge on any atom is -0.462 e. The molecule has 6 nitrogen and oxygen atoms in total.